The van der Waals surface area contributed by atoms with Crippen molar-refractivity contribution in [2.45, 2.75) is 0 Å². The van der Waals surface area contributed by atoms with Gasteiger partial charge in [0.2, 0.25) is 5.75 Å². The van der Waals surface area contributed by atoms with Crippen molar-refractivity contribution in [2.75, 3.05) is 0 Å². The zero-order chi connectivity index (χ0) is 22.7. The van der Waals surface area contributed by atoms with Crippen molar-refractivity contribution >= 4 is 40.3 Å². The Kier molecular flexibility index (Phi) is 5.73. The van der Waals surface area contributed by atoms with Crippen molar-refractivity contribution in [3.63, 3.8) is 0 Å². The molecule has 2 heterocycles. The van der Waals surface area contributed by atoms with Gasteiger partial charge in [-0.3, -0.25) is 19.9 Å². The van der Waals surface area contributed by atoms with Gasteiger partial charge in [0.1, 0.15) is 0 Å². The van der Waals surface area contributed by atoms with Gasteiger partial charge in [0.25, 0.3) is 5.91 Å². The fourth-order valence-electron chi connectivity index (χ4n) is 3.07. The van der Waals surface area contributed by atoms with E-state index < -0.39 is 22.3 Å². The predicted octanol–water partition coefficient (Wildman–Crippen LogP) is 4.33. The monoisotopic (exact) mass is 447 g/mol. The summed E-state index contributed by atoms with van der Waals surface area (Å²) < 4.78 is 0. The maximum Gasteiger partial charge on any atom is 0.312 e. The fraction of sp³-hybridized carbons (Fsp3) is 0. The van der Waals surface area contributed by atoms with Crippen LogP contribution in [0.5, 0.6) is 5.75 Å². The Morgan fingerprint density at radius 3 is 2.66 bits per heavy atom. The number of carbonyl (C=O) groups is 1. The molecule has 32 heavy (non-hydrogen) atoms. The molecule has 2 aromatic heterocycles. The van der Waals surface area contributed by atoms with Crippen molar-refractivity contribution in [1.82, 2.24) is 15.4 Å². The molecule has 2 N–H and O–H groups in total. The number of benzene rings is 2. The van der Waals surface area contributed by atoms with Crippen LogP contribution in [0, 0.1) is 10.1 Å². The Hall–Kier alpha value is -4.37. The first kappa shape index (κ1) is 20.9. The molecule has 0 saturated carbocycles. The number of hydrogen-bond donors (Lipinski definition) is 2. The number of para-hydroxylation sites is 1. The van der Waals surface area contributed by atoms with Crippen LogP contribution < -0.4 is 5.43 Å². The molecule has 9 nitrogen and oxygen atoms in total. The van der Waals surface area contributed by atoms with Crippen LogP contribution in [0.2, 0.25) is 5.02 Å². The summed E-state index contributed by atoms with van der Waals surface area (Å²) >= 11 is 5.87. The lowest BCUT2D eigenvalue weighted by Gasteiger charge is -2.08. The number of pyridine rings is 2. The van der Waals surface area contributed by atoms with Crippen LogP contribution in [0.25, 0.3) is 22.3 Å². The van der Waals surface area contributed by atoms with Crippen LogP contribution in [-0.2, 0) is 0 Å². The molecule has 158 valence electrons. The number of nitro benzene ring substituents is 1. The number of nitro groups is 1. The summed E-state index contributed by atoms with van der Waals surface area (Å²) in [6, 6.07) is 16.4. The third kappa shape index (κ3) is 4.23. The molecule has 0 spiro atoms. The molecule has 2 aromatic carbocycles. The third-order valence-electron chi connectivity index (χ3n) is 4.54. The lowest BCUT2D eigenvalue weighted by molar-refractivity contribution is -0.385. The maximum absolute atomic E-state index is 12.9. The average Bonchev–Trinajstić information content (AvgIpc) is 2.80. The molecule has 1 amide bonds. The number of nitrogens with one attached hydrogen (secondary N) is 1. The third-order valence-corrected chi connectivity index (χ3v) is 4.76. The second-order valence-corrected chi connectivity index (χ2v) is 7.04. The molecule has 0 aliphatic heterocycles. The van der Waals surface area contributed by atoms with Gasteiger partial charge < -0.3 is 5.11 Å². The first-order chi connectivity index (χ1) is 15.4. The number of carbonyl (C=O) groups excluding carboxylic acids is 1. The number of hydrazone groups is 1. The Balaban J connectivity index is 1.67. The van der Waals surface area contributed by atoms with Crippen LogP contribution in [0.1, 0.15) is 15.9 Å². The first-order valence-electron chi connectivity index (χ1n) is 9.25. The molecule has 0 saturated heterocycles. The number of aromatic nitrogens is 2. The van der Waals surface area contributed by atoms with Gasteiger partial charge in [-0.1, -0.05) is 35.9 Å². The Labute approximate surface area is 186 Å². The van der Waals surface area contributed by atoms with E-state index in [-0.39, 0.29) is 10.6 Å². The van der Waals surface area contributed by atoms with Crippen molar-refractivity contribution < 1.29 is 14.8 Å². The molecule has 0 unspecified atom stereocenters. The van der Waals surface area contributed by atoms with Gasteiger partial charge in [0.05, 0.1) is 33.6 Å². The van der Waals surface area contributed by atoms with E-state index in [9.17, 15) is 20.0 Å². The Morgan fingerprint density at radius 2 is 1.91 bits per heavy atom. The normalized spacial score (nSPS) is 11.0. The molecule has 0 fully saturated rings. The number of aromatic hydroxyl groups is 1. The summed E-state index contributed by atoms with van der Waals surface area (Å²) in [5.74, 6) is -1.14. The molecular formula is C22H14ClN5O4. The highest BCUT2D eigenvalue weighted by molar-refractivity contribution is 6.31. The van der Waals surface area contributed by atoms with Gasteiger partial charge in [-0.05, 0) is 30.3 Å². The SMILES string of the molecule is O=C(N/N=C/c1cc(Cl)cc([N+](=O)[O-])c1O)c1cc(-c2ccccn2)nc2ccccc12. The summed E-state index contributed by atoms with van der Waals surface area (Å²) in [4.78, 5) is 32.0. The Morgan fingerprint density at radius 1 is 1.12 bits per heavy atom. The maximum atomic E-state index is 12.9. The van der Waals surface area contributed by atoms with Crippen molar-refractivity contribution in [3.8, 4) is 17.1 Å². The molecule has 4 rings (SSSR count). The van der Waals surface area contributed by atoms with Crippen molar-refractivity contribution in [3.05, 3.63) is 93.1 Å². The van der Waals surface area contributed by atoms with E-state index in [0.29, 0.717) is 27.9 Å². The van der Waals surface area contributed by atoms with E-state index in [1.165, 1.54) is 6.07 Å². The van der Waals surface area contributed by atoms with Crippen LogP contribution in [0.3, 0.4) is 0 Å². The smallest absolute Gasteiger partial charge is 0.312 e. The molecule has 0 bridgehead atoms. The summed E-state index contributed by atoms with van der Waals surface area (Å²) in [5.41, 5.74) is 3.83. The van der Waals surface area contributed by atoms with Crippen LogP contribution >= 0.6 is 11.6 Å². The van der Waals surface area contributed by atoms with Crippen molar-refractivity contribution in [1.29, 1.82) is 0 Å². The predicted molar refractivity (Wildman–Crippen MR) is 120 cm³/mol. The lowest BCUT2D eigenvalue weighted by Crippen LogP contribution is -2.18. The number of phenols is 1. The van der Waals surface area contributed by atoms with Gasteiger partial charge in [-0.2, -0.15) is 5.10 Å². The van der Waals surface area contributed by atoms with Crippen LogP contribution in [0.4, 0.5) is 5.69 Å². The average molecular weight is 448 g/mol. The van der Waals surface area contributed by atoms with E-state index in [0.717, 1.165) is 12.3 Å². The van der Waals surface area contributed by atoms with E-state index in [1.807, 2.05) is 12.1 Å². The van der Waals surface area contributed by atoms with Gasteiger partial charge in [-0.25, -0.2) is 10.4 Å². The summed E-state index contributed by atoms with van der Waals surface area (Å²) in [5, 5.41) is 25.6. The number of halogens is 1. The molecule has 0 aliphatic carbocycles. The second-order valence-electron chi connectivity index (χ2n) is 6.61. The second kappa shape index (κ2) is 8.78. The van der Waals surface area contributed by atoms with Gasteiger partial charge in [-0.15, -0.1) is 0 Å². The number of phenolic OH excluding ortho intramolecular Hbond substituents is 1. The molecule has 0 radical (unpaired) electrons. The highest BCUT2D eigenvalue weighted by Crippen LogP contribution is 2.32. The van der Waals surface area contributed by atoms with E-state index >= 15 is 0 Å². The largest absolute Gasteiger partial charge is 0.502 e. The van der Waals surface area contributed by atoms with Crippen LogP contribution in [-0.4, -0.2) is 32.1 Å². The summed E-state index contributed by atoms with van der Waals surface area (Å²) in [7, 11) is 0. The first-order valence-corrected chi connectivity index (χ1v) is 9.63. The lowest BCUT2D eigenvalue weighted by atomic mass is 10.1. The van der Waals surface area contributed by atoms with Gasteiger partial charge >= 0.3 is 5.69 Å². The minimum Gasteiger partial charge on any atom is -0.502 e. The quantitative estimate of drug-likeness (QED) is 0.266. The highest BCUT2D eigenvalue weighted by Gasteiger charge is 2.18. The van der Waals surface area contributed by atoms with E-state index in [4.69, 9.17) is 11.6 Å². The summed E-state index contributed by atoms with van der Waals surface area (Å²) in [6.45, 7) is 0. The van der Waals surface area contributed by atoms with Crippen LogP contribution in [0.15, 0.2) is 72.0 Å². The molecule has 10 heteroatoms. The number of nitrogens with zero attached hydrogens (tertiary/aromatic N) is 4. The minimum atomic E-state index is -0.764. The van der Waals surface area contributed by atoms with Gasteiger partial charge in [0, 0.05) is 28.2 Å². The molecule has 4 aromatic rings. The number of fused-ring (bicyclic) bond motifs is 1. The molecule has 0 atom stereocenters. The fourth-order valence-corrected chi connectivity index (χ4v) is 3.29. The number of amides is 1. The zero-order valence-corrected chi connectivity index (χ0v) is 17.0. The summed E-state index contributed by atoms with van der Waals surface area (Å²) in [6.07, 6.45) is 2.71. The molecular weight excluding hydrogens is 434 g/mol. The number of rotatable bonds is 5. The standard InChI is InChI=1S/C22H14ClN5O4/c23-14-9-13(21(29)20(10-14)28(31)32)12-25-27-22(30)16-11-19(18-7-3-4-8-24-18)26-17-6-2-1-5-15(16)17/h1-12,29H,(H,27,30)/b25-12+. The highest BCUT2D eigenvalue weighted by atomic mass is 35.5. The minimum absolute atomic E-state index is 0.0155. The topological polar surface area (TPSA) is 131 Å². The van der Waals surface area contributed by atoms with Crippen molar-refractivity contribution in [2.24, 2.45) is 5.10 Å². The molecule has 0 aliphatic rings. The van der Waals surface area contributed by atoms with E-state index in [2.05, 4.69) is 20.5 Å². The Bertz CT molecular complexity index is 1380. The van der Waals surface area contributed by atoms with Gasteiger partial charge in [0.15, 0.2) is 0 Å². The number of hydrogen-bond acceptors (Lipinski definition) is 7. The zero-order valence-electron chi connectivity index (χ0n) is 16.3. The van der Waals surface area contributed by atoms with E-state index in [1.54, 1.807) is 42.6 Å².